The maximum atomic E-state index is 11.9. The number of methoxy groups -OCH3 is 1. The highest BCUT2D eigenvalue weighted by Gasteiger charge is 2.09. The highest BCUT2D eigenvalue weighted by Crippen LogP contribution is 2.10. The Balaban J connectivity index is 2.65. The van der Waals surface area contributed by atoms with Crippen molar-refractivity contribution in [1.82, 2.24) is 5.32 Å². The molecule has 0 aliphatic carbocycles. The maximum Gasteiger partial charge on any atom is 0.337 e. The molecule has 0 bridgehead atoms. The number of rotatable bonds is 8. The summed E-state index contributed by atoms with van der Waals surface area (Å²) >= 11 is 0. The SMILES string of the molecule is CCOCCCNC(=O)C(C#N)=Cc1ccc(C(=O)OC)cc1. The second kappa shape index (κ2) is 10.1. The fraction of sp³-hybridized carbons (Fsp3) is 0.353. The molecule has 23 heavy (non-hydrogen) atoms. The van der Waals surface area contributed by atoms with Crippen LogP contribution < -0.4 is 5.32 Å². The van der Waals surface area contributed by atoms with Crippen LogP contribution in [-0.2, 0) is 14.3 Å². The summed E-state index contributed by atoms with van der Waals surface area (Å²) in [7, 11) is 1.31. The molecule has 0 saturated carbocycles. The van der Waals surface area contributed by atoms with Gasteiger partial charge in [-0.15, -0.1) is 0 Å². The zero-order valence-corrected chi connectivity index (χ0v) is 13.3. The number of hydrogen-bond acceptors (Lipinski definition) is 5. The van der Waals surface area contributed by atoms with Gasteiger partial charge in [-0.1, -0.05) is 12.1 Å². The smallest absolute Gasteiger partial charge is 0.337 e. The van der Waals surface area contributed by atoms with E-state index in [1.807, 2.05) is 13.0 Å². The van der Waals surface area contributed by atoms with Gasteiger partial charge in [0.15, 0.2) is 0 Å². The Hall–Kier alpha value is -2.65. The first-order valence-corrected chi connectivity index (χ1v) is 7.28. The van der Waals surface area contributed by atoms with Crippen molar-refractivity contribution in [2.75, 3.05) is 26.9 Å². The van der Waals surface area contributed by atoms with Gasteiger partial charge in [-0.2, -0.15) is 5.26 Å². The molecule has 1 aromatic carbocycles. The molecule has 0 heterocycles. The molecule has 0 saturated heterocycles. The quantitative estimate of drug-likeness (QED) is 0.342. The topological polar surface area (TPSA) is 88.4 Å². The predicted molar refractivity (Wildman–Crippen MR) is 85.5 cm³/mol. The van der Waals surface area contributed by atoms with Crippen LogP contribution in [0.1, 0.15) is 29.3 Å². The Morgan fingerprint density at radius 3 is 2.57 bits per heavy atom. The molecule has 1 aromatic rings. The van der Waals surface area contributed by atoms with Crippen LogP contribution in [0.25, 0.3) is 6.08 Å². The van der Waals surface area contributed by atoms with E-state index in [9.17, 15) is 9.59 Å². The maximum absolute atomic E-state index is 11.9. The van der Waals surface area contributed by atoms with Crippen molar-refractivity contribution in [3.8, 4) is 6.07 Å². The molecule has 1 rings (SSSR count). The zero-order valence-electron chi connectivity index (χ0n) is 13.3. The lowest BCUT2D eigenvalue weighted by atomic mass is 10.1. The number of amides is 1. The number of ether oxygens (including phenoxy) is 2. The summed E-state index contributed by atoms with van der Waals surface area (Å²) in [6, 6.07) is 8.32. The number of nitrogens with one attached hydrogen (secondary N) is 1. The van der Waals surface area contributed by atoms with Crippen molar-refractivity contribution in [2.45, 2.75) is 13.3 Å². The van der Waals surface area contributed by atoms with Gasteiger partial charge in [0.05, 0.1) is 12.7 Å². The highest BCUT2D eigenvalue weighted by molar-refractivity contribution is 6.01. The lowest BCUT2D eigenvalue weighted by molar-refractivity contribution is -0.117. The fourth-order valence-electron chi connectivity index (χ4n) is 1.76. The van der Waals surface area contributed by atoms with Crippen LogP contribution in [0.2, 0.25) is 0 Å². The first-order valence-electron chi connectivity index (χ1n) is 7.28. The minimum Gasteiger partial charge on any atom is -0.465 e. The minimum atomic E-state index is -0.437. The summed E-state index contributed by atoms with van der Waals surface area (Å²) in [6.07, 6.45) is 2.16. The Morgan fingerprint density at radius 1 is 1.30 bits per heavy atom. The van der Waals surface area contributed by atoms with Crippen LogP contribution in [0.5, 0.6) is 0 Å². The van der Waals surface area contributed by atoms with Crippen LogP contribution in [0.4, 0.5) is 0 Å². The minimum absolute atomic E-state index is 0.00669. The molecule has 122 valence electrons. The van der Waals surface area contributed by atoms with E-state index >= 15 is 0 Å². The van der Waals surface area contributed by atoms with Gasteiger partial charge in [-0.3, -0.25) is 4.79 Å². The molecule has 1 N–H and O–H groups in total. The van der Waals surface area contributed by atoms with Crippen molar-refractivity contribution >= 4 is 18.0 Å². The molecular formula is C17H20N2O4. The van der Waals surface area contributed by atoms with E-state index < -0.39 is 11.9 Å². The highest BCUT2D eigenvalue weighted by atomic mass is 16.5. The van der Waals surface area contributed by atoms with Gasteiger partial charge in [0.25, 0.3) is 5.91 Å². The number of benzene rings is 1. The fourth-order valence-corrected chi connectivity index (χ4v) is 1.76. The van der Waals surface area contributed by atoms with E-state index in [0.717, 1.165) is 0 Å². The van der Waals surface area contributed by atoms with Crippen molar-refractivity contribution in [2.24, 2.45) is 0 Å². The number of esters is 1. The predicted octanol–water partition coefficient (Wildman–Crippen LogP) is 1.92. The average molecular weight is 316 g/mol. The van der Waals surface area contributed by atoms with Crippen LogP contribution >= 0.6 is 0 Å². The third-order valence-electron chi connectivity index (χ3n) is 2.96. The third kappa shape index (κ3) is 6.32. The van der Waals surface area contributed by atoms with Gasteiger partial charge >= 0.3 is 5.97 Å². The van der Waals surface area contributed by atoms with E-state index in [1.165, 1.54) is 13.2 Å². The Labute approximate surface area is 135 Å². The van der Waals surface area contributed by atoms with Crippen molar-refractivity contribution in [3.63, 3.8) is 0 Å². The van der Waals surface area contributed by atoms with E-state index in [0.29, 0.717) is 37.3 Å². The molecule has 0 unspecified atom stereocenters. The number of hydrogen-bond donors (Lipinski definition) is 1. The van der Waals surface area contributed by atoms with Gasteiger partial charge in [-0.05, 0) is 37.1 Å². The summed E-state index contributed by atoms with van der Waals surface area (Å²) in [5.41, 5.74) is 1.06. The molecule has 0 aliphatic rings. The number of nitrogens with zero attached hydrogens (tertiary/aromatic N) is 1. The summed E-state index contributed by atoms with van der Waals surface area (Å²) in [5, 5.41) is 11.8. The monoisotopic (exact) mass is 316 g/mol. The standard InChI is InChI=1S/C17H20N2O4/c1-3-23-10-4-9-19-16(20)15(12-18)11-13-5-7-14(8-6-13)17(21)22-2/h5-8,11H,3-4,9-10H2,1-2H3,(H,19,20). The van der Waals surface area contributed by atoms with E-state index in [1.54, 1.807) is 24.3 Å². The van der Waals surface area contributed by atoms with Crippen molar-refractivity contribution < 1.29 is 19.1 Å². The number of nitriles is 1. The van der Waals surface area contributed by atoms with Crippen LogP contribution in [-0.4, -0.2) is 38.7 Å². The first kappa shape index (κ1) is 18.4. The second-order valence-corrected chi connectivity index (χ2v) is 4.59. The molecule has 0 radical (unpaired) electrons. The largest absolute Gasteiger partial charge is 0.465 e. The third-order valence-corrected chi connectivity index (χ3v) is 2.96. The summed E-state index contributed by atoms with van der Waals surface area (Å²) < 4.78 is 9.78. The van der Waals surface area contributed by atoms with E-state index in [-0.39, 0.29) is 5.57 Å². The lowest BCUT2D eigenvalue weighted by Gasteiger charge is -2.05. The summed E-state index contributed by atoms with van der Waals surface area (Å²) in [5.74, 6) is -0.867. The molecule has 6 heteroatoms. The molecule has 0 aromatic heterocycles. The summed E-state index contributed by atoms with van der Waals surface area (Å²) in [4.78, 5) is 23.3. The van der Waals surface area contributed by atoms with Crippen LogP contribution in [0.3, 0.4) is 0 Å². The number of carbonyl (C=O) groups is 2. The molecule has 0 aliphatic heterocycles. The Bertz CT molecular complexity index is 600. The van der Waals surface area contributed by atoms with Gasteiger partial charge < -0.3 is 14.8 Å². The zero-order chi connectivity index (χ0) is 17.1. The van der Waals surface area contributed by atoms with Crippen LogP contribution in [0, 0.1) is 11.3 Å². The Kier molecular flexibility index (Phi) is 8.11. The van der Waals surface area contributed by atoms with E-state index in [4.69, 9.17) is 10.00 Å². The van der Waals surface area contributed by atoms with Gasteiger partial charge in [0.2, 0.25) is 0 Å². The normalized spacial score (nSPS) is 10.7. The lowest BCUT2D eigenvalue weighted by Crippen LogP contribution is -2.26. The van der Waals surface area contributed by atoms with Crippen LogP contribution in [0.15, 0.2) is 29.8 Å². The molecule has 1 amide bonds. The molecule has 0 fully saturated rings. The molecule has 0 atom stereocenters. The van der Waals surface area contributed by atoms with Gasteiger partial charge in [-0.25, -0.2) is 4.79 Å². The molecule has 6 nitrogen and oxygen atoms in total. The van der Waals surface area contributed by atoms with Gasteiger partial charge in [0.1, 0.15) is 11.6 Å². The molecular weight excluding hydrogens is 296 g/mol. The average Bonchev–Trinajstić information content (AvgIpc) is 2.59. The summed E-state index contributed by atoms with van der Waals surface area (Å²) in [6.45, 7) is 3.55. The van der Waals surface area contributed by atoms with Crippen molar-refractivity contribution in [3.05, 3.63) is 41.0 Å². The molecule has 0 spiro atoms. The van der Waals surface area contributed by atoms with Gasteiger partial charge in [0, 0.05) is 19.8 Å². The second-order valence-electron chi connectivity index (χ2n) is 4.59. The van der Waals surface area contributed by atoms with Crippen molar-refractivity contribution in [1.29, 1.82) is 5.26 Å². The Morgan fingerprint density at radius 2 is 2.00 bits per heavy atom. The van der Waals surface area contributed by atoms with E-state index in [2.05, 4.69) is 10.1 Å². The number of carbonyl (C=O) groups excluding carboxylic acids is 2. The first-order chi connectivity index (χ1) is 11.1.